The highest BCUT2D eigenvalue weighted by Crippen LogP contribution is 2.33. The first-order chi connectivity index (χ1) is 13.8. The zero-order chi connectivity index (χ0) is 21.1. The number of pyridine rings is 1. The van der Waals surface area contributed by atoms with E-state index >= 15 is 0 Å². The van der Waals surface area contributed by atoms with Gasteiger partial charge in [-0.15, -0.1) is 0 Å². The number of nitrogens with one attached hydrogen (secondary N) is 2. The van der Waals surface area contributed by atoms with Gasteiger partial charge in [0.2, 0.25) is 0 Å². The second-order valence-electron chi connectivity index (χ2n) is 6.53. The van der Waals surface area contributed by atoms with Crippen molar-refractivity contribution in [2.75, 3.05) is 12.4 Å². The van der Waals surface area contributed by atoms with Gasteiger partial charge in [0.25, 0.3) is 0 Å². The summed E-state index contributed by atoms with van der Waals surface area (Å²) in [5.74, 6) is -0.191. The van der Waals surface area contributed by atoms with Gasteiger partial charge in [0.15, 0.2) is 5.69 Å². The number of aromatic nitrogens is 1. The van der Waals surface area contributed by atoms with Crippen LogP contribution in [0.2, 0.25) is 5.02 Å². The van der Waals surface area contributed by atoms with Gasteiger partial charge in [-0.1, -0.05) is 29.8 Å². The van der Waals surface area contributed by atoms with Crippen molar-refractivity contribution in [3.05, 3.63) is 70.4 Å². The largest absolute Gasteiger partial charge is 0.497 e. The number of ether oxygens (including phenoxy) is 1. The van der Waals surface area contributed by atoms with Crippen LogP contribution in [0.3, 0.4) is 0 Å². The van der Waals surface area contributed by atoms with Crippen molar-refractivity contribution in [3.63, 3.8) is 0 Å². The lowest BCUT2D eigenvalue weighted by molar-refractivity contribution is 0.0690. The van der Waals surface area contributed by atoms with E-state index in [0.717, 1.165) is 11.1 Å². The average molecular weight is 410 g/mol. The van der Waals surface area contributed by atoms with Crippen molar-refractivity contribution in [1.29, 1.82) is 5.41 Å². The molecule has 0 spiro atoms. The second-order valence-corrected chi connectivity index (χ2v) is 6.93. The highest BCUT2D eigenvalue weighted by atomic mass is 35.5. The molecule has 29 heavy (non-hydrogen) atoms. The summed E-state index contributed by atoms with van der Waals surface area (Å²) in [6.07, 6.45) is 0. The second kappa shape index (κ2) is 8.32. The molecule has 0 saturated carbocycles. The van der Waals surface area contributed by atoms with Crippen LogP contribution in [0.5, 0.6) is 5.75 Å². The first-order valence-corrected chi connectivity index (χ1v) is 9.19. The molecule has 2 aromatic carbocycles. The predicted molar refractivity (Wildman–Crippen MR) is 115 cm³/mol. The zero-order valence-electron chi connectivity index (χ0n) is 16.2. The van der Waals surface area contributed by atoms with Gasteiger partial charge in [0, 0.05) is 22.0 Å². The Labute approximate surface area is 173 Å². The summed E-state index contributed by atoms with van der Waals surface area (Å²) in [4.78, 5) is 15.9. The molecule has 0 fully saturated rings. The van der Waals surface area contributed by atoms with Gasteiger partial charge in [0.1, 0.15) is 11.6 Å². The van der Waals surface area contributed by atoms with E-state index < -0.39 is 5.97 Å². The minimum absolute atomic E-state index is 0.124. The van der Waals surface area contributed by atoms with Crippen molar-refractivity contribution in [2.24, 2.45) is 0 Å². The van der Waals surface area contributed by atoms with Crippen molar-refractivity contribution < 1.29 is 14.6 Å². The molecule has 0 saturated heterocycles. The lowest BCUT2D eigenvalue weighted by Crippen LogP contribution is -2.10. The van der Waals surface area contributed by atoms with Gasteiger partial charge >= 0.3 is 5.97 Å². The summed E-state index contributed by atoms with van der Waals surface area (Å²) < 4.78 is 5.19. The molecule has 0 unspecified atom stereocenters. The van der Waals surface area contributed by atoms with Gasteiger partial charge < -0.3 is 20.6 Å². The third-order valence-corrected chi connectivity index (χ3v) is 4.86. The number of rotatable bonds is 6. The van der Waals surface area contributed by atoms with E-state index in [9.17, 15) is 9.90 Å². The number of aromatic carboxylic acids is 1. The molecule has 6 nitrogen and oxygen atoms in total. The van der Waals surface area contributed by atoms with Crippen LogP contribution in [-0.4, -0.2) is 28.9 Å². The van der Waals surface area contributed by atoms with E-state index in [4.69, 9.17) is 21.7 Å². The Hall–Kier alpha value is -3.38. The van der Waals surface area contributed by atoms with Crippen molar-refractivity contribution in [3.8, 4) is 16.9 Å². The Morgan fingerprint density at radius 3 is 2.41 bits per heavy atom. The highest BCUT2D eigenvalue weighted by molar-refractivity contribution is 6.31. The third kappa shape index (κ3) is 4.38. The average Bonchev–Trinajstić information content (AvgIpc) is 2.70. The molecular formula is C22H20ClN3O3. The maximum Gasteiger partial charge on any atom is 0.354 e. The number of aryl methyl sites for hydroxylation is 1. The molecule has 0 radical (unpaired) electrons. The molecule has 148 valence electrons. The van der Waals surface area contributed by atoms with Crippen LogP contribution in [0.4, 0.5) is 11.5 Å². The Kier molecular flexibility index (Phi) is 5.84. The van der Waals surface area contributed by atoms with Crippen LogP contribution < -0.4 is 10.1 Å². The number of carboxylic acid groups (broad SMARTS) is 1. The standard InChI is InChI=1S/C22H20ClN3O3/c1-12-4-7-15(10-18(12)23)25-21-20(13(2)24)17(11-19(26-21)22(27)28)14-5-8-16(29-3)9-6-14/h4-11,24H,1-3H3,(H,25,26)(H,27,28). The molecule has 0 bridgehead atoms. The summed E-state index contributed by atoms with van der Waals surface area (Å²) in [6.45, 7) is 3.53. The molecule has 1 aromatic heterocycles. The number of anilines is 2. The van der Waals surface area contributed by atoms with Gasteiger partial charge in [-0.3, -0.25) is 0 Å². The molecule has 3 rings (SSSR count). The molecule has 3 N–H and O–H groups in total. The number of hydrogen-bond donors (Lipinski definition) is 3. The smallest absolute Gasteiger partial charge is 0.354 e. The van der Waals surface area contributed by atoms with Crippen LogP contribution >= 0.6 is 11.6 Å². The minimum atomic E-state index is -1.15. The fraction of sp³-hybridized carbons (Fsp3) is 0.136. The lowest BCUT2D eigenvalue weighted by atomic mass is 9.96. The fourth-order valence-electron chi connectivity index (χ4n) is 2.93. The molecular weight excluding hydrogens is 390 g/mol. The molecule has 0 aliphatic heterocycles. The quantitative estimate of drug-likeness (QED) is 0.464. The Bertz CT molecular complexity index is 1100. The van der Waals surface area contributed by atoms with E-state index in [1.165, 1.54) is 6.07 Å². The van der Waals surface area contributed by atoms with Gasteiger partial charge in [-0.2, -0.15) is 0 Å². The molecule has 0 amide bonds. The molecule has 7 heteroatoms. The number of nitrogens with zero attached hydrogens (tertiary/aromatic N) is 1. The predicted octanol–water partition coefficient (Wildman–Crippen LogP) is 5.55. The van der Waals surface area contributed by atoms with E-state index in [-0.39, 0.29) is 17.2 Å². The summed E-state index contributed by atoms with van der Waals surface area (Å²) in [6, 6.07) is 14.1. The Morgan fingerprint density at radius 1 is 1.17 bits per heavy atom. The highest BCUT2D eigenvalue weighted by Gasteiger charge is 2.19. The zero-order valence-corrected chi connectivity index (χ0v) is 17.0. The SMILES string of the molecule is COc1ccc(-c2cc(C(=O)O)nc(Nc3ccc(C)c(Cl)c3)c2C(C)=N)cc1. The van der Waals surface area contributed by atoms with E-state index in [0.29, 0.717) is 27.6 Å². The molecule has 1 heterocycles. The monoisotopic (exact) mass is 409 g/mol. The summed E-state index contributed by atoms with van der Waals surface area (Å²) in [7, 11) is 1.58. The van der Waals surface area contributed by atoms with Crippen molar-refractivity contribution in [2.45, 2.75) is 13.8 Å². The third-order valence-electron chi connectivity index (χ3n) is 4.45. The number of carboxylic acids is 1. The minimum Gasteiger partial charge on any atom is -0.497 e. The van der Waals surface area contributed by atoms with Crippen LogP contribution in [0.15, 0.2) is 48.5 Å². The summed E-state index contributed by atoms with van der Waals surface area (Å²) >= 11 is 6.21. The topological polar surface area (TPSA) is 95.3 Å². The lowest BCUT2D eigenvalue weighted by Gasteiger charge is -2.17. The number of halogens is 1. The van der Waals surface area contributed by atoms with E-state index in [2.05, 4.69) is 10.3 Å². The molecule has 3 aromatic rings. The van der Waals surface area contributed by atoms with Crippen LogP contribution in [0, 0.1) is 12.3 Å². The van der Waals surface area contributed by atoms with Crippen molar-refractivity contribution >= 4 is 34.8 Å². The fourth-order valence-corrected chi connectivity index (χ4v) is 3.11. The summed E-state index contributed by atoms with van der Waals surface area (Å²) in [5, 5.41) is 21.5. The van der Waals surface area contributed by atoms with Crippen LogP contribution in [0.1, 0.15) is 28.5 Å². The van der Waals surface area contributed by atoms with Crippen LogP contribution in [-0.2, 0) is 0 Å². The molecule has 0 atom stereocenters. The van der Waals surface area contributed by atoms with Crippen molar-refractivity contribution in [1.82, 2.24) is 4.98 Å². The van der Waals surface area contributed by atoms with Gasteiger partial charge in [-0.25, -0.2) is 9.78 Å². The molecule has 0 aliphatic carbocycles. The first-order valence-electron chi connectivity index (χ1n) is 8.81. The number of carbonyl (C=O) groups is 1. The van der Waals surface area contributed by atoms with E-state index in [1.807, 2.05) is 31.2 Å². The van der Waals surface area contributed by atoms with Gasteiger partial charge in [-0.05, 0) is 60.9 Å². The summed E-state index contributed by atoms with van der Waals surface area (Å²) in [5.41, 5.74) is 3.56. The van der Waals surface area contributed by atoms with Crippen LogP contribution in [0.25, 0.3) is 11.1 Å². The maximum atomic E-state index is 11.7. The number of methoxy groups -OCH3 is 1. The number of hydrogen-bond acceptors (Lipinski definition) is 5. The van der Waals surface area contributed by atoms with E-state index in [1.54, 1.807) is 32.2 Å². The first kappa shape index (κ1) is 20.4. The number of benzene rings is 2. The maximum absolute atomic E-state index is 11.7. The normalized spacial score (nSPS) is 10.5. The Morgan fingerprint density at radius 2 is 1.86 bits per heavy atom. The molecule has 0 aliphatic rings. The Balaban J connectivity index is 2.20. The van der Waals surface area contributed by atoms with Gasteiger partial charge in [0.05, 0.1) is 7.11 Å².